The third-order valence-electron chi connectivity index (χ3n) is 4.73. The second kappa shape index (κ2) is 5.80. The van der Waals surface area contributed by atoms with E-state index in [9.17, 15) is 4.79 Å². The van der Waals surface area contributed by atoms with Gasteiger partial charge in [0.05, 0.1) is 20.3 Å². The second-order valence-corrected chi connectivity index (χ2v) is 6.31. The number of rotatable bonds is 4. The van der Waals surface area contributed by atoms with E-state index in [0.29, 0.717) is 19.6 Å². The zero-order valence-corrected chi connectivity index (χ0v) is 13.5. The number of hydrogen-bond donors (Lipinski definition) is 1. The van der Waals surface area contributed by atoms with Crippen LogP contribution < -0.4 is 10.1 Å². The van der Waals surface area contributed by atoms with Crippen LogP contribution in [-0.2, 0) is 21.5 Å². The van der Waals surface area contributed by atoms with E-state index in [-0.39, 0.29) is 5.91 Å². The largest absolute Gasteiger partial charge is 0.497 e. The second-order valence-electron chi connectivity index (χ2n) is 6.31. The molecule has 0 spiro atoms. The van der Waals surface area contributed by atoms with Gasteiger partial charge in [0, 0.05) is 12.0 Å². The first kappa shape index (κ1) is 15.0. The number of nitrogens with one attached hydrogen (secondary N) is 1. The highest BCUT2D eigenvalue weighted by Gasteiger charge is 2.42. The summed E-state index contributed by atoms with van der Waals surface area (Å²) < 4.78 is 10.7. The highest BCUT2D eigenvalue weighted by molar-refractivity contribution is 6.01. The lowest BCUT2D eigenvalue weighted by atomic mass is 9.87. The molecule has 0 aromatic heterocycles. The van der Waals surface area contributed by atoms with Gasteiger partial charge < -0.3 is 14.8 Å². The van der Waals surface area contributed by atoms with E-state index >= 15 is 0 Å². The molecule has 2 aromatic rings. The zero-order chi connectivity index (χ0) is 16.6. The van der Waals surface area contributed by atoms with E-state index in [1.807, 2.05) is 54.6 Å². The van der Waals surface area contributed by atoms with Crippen LogP contribution in [0.3, 0.4) is 0 Å². The Morgan fingerprint density at radius 2 is 1.96 bits per heavy atom. The molecule has 0 atom stereocenters. The molecule has 0 saturated carbocycles. The lowest BCUT2D eigenvalue weighted by molar-refractivity contribution is -0.130. The van der Waals surface area contributed by atoms with Crippen LogP contribution in [-0.4, -0.2) is 26.2 Å². The molecule has 1 fully saturated rings. The summed E-state index contributed by atoms with van der Waals surface area (Å²) in [5.41, 5.74) is 3.66. The van der Waals surface area contributed by atoms with Gasteiger partial charge in [0.15, 0.2) is 0 Å². The molecule has 1 aliphatic carbocycles. The van der Waals surface area contributed by atoms with Crippen molar-refractivity contribution in [3.63, 3.8) is 0 Å². The summed E-state index contributed by atoms with van der Waals surface area (Å²) in [5.74, 6) is 0.786. The molecular formula is C20H19NO3. The summed E-state index contributed by atoms with van der Waals surface area (Å²) in [6.07, 6.45) is 2.59. The fourth-order valence-corrected chi connectivity index (χ4v) is 3.26. The van der Waals surface area contributed by atoms with Crippen LogP contribution in [0.4, 0.5) is 0 Å². The van der Waals surface area contributed by atoms with Crippen molar-refractivity contribution in [2.75, 3.05) is 20.3 Å². The van der Waals surface area contributed by atoms with Crippen molar-refractivity contribution in [1.82, 2.24) is 5.32 Å². The topological polar surface area (TPSA) is 47.6 Å². The first-order valence-electron chi connectivity index (χ1n) is 8.03. The Hall–Kier alpha value is -2.59. The number of carbonyl (C=O) groups is 1. The van der Waals surface area contributed by atoms with Gasteiger partial charge in [-0.05, 0) is 34.9 Å². The van der Waals surface area contributed by atoms with E-state index in [4.69, 9.17) is 9.47 Å². The third-order valence-corrected chi connectivity index (χ3v) is 4.73. The predicted octanol–water partition coefficient (Wildman–Crippen LogP) is 2.68. The van der Waals surface area contributed by atoms with Crippen molar-refractivity contribution in [2.45, 2.75) is 12.0 Å². The molecule has 24 heavy (non-hydrogen) atoms. The van der Waals surface area contributed by atoms with Gasteiger partial charge in [-0.25, -0.2) is 0 Å². The standard InChI is InChI=1S/C20H19NO3/c1-23-18-8-7-14-9-16(10-15(14)11-18)19(22)21-20(12-24-13-20)17-5-3-2-4-6-17/h2-9,11H,10,12-13H2,1H3,(H,21,22). The number of ether oxygens (including phenoxy) is 2. The molecular weight excluding hydrogens is 302 g/mol. The Morgan fingerprint density at radius 3 is 2.62 bits per heavy atom. The number of carbonyl (C=O) groups excluding carboxylic acids is 1. The summed E-state index contributed by atoms with van der Waals surface area (Å²) in [6, 6.07) is 15.9. The van der Waals surface area contributed by atoms with Gasteiger partial charge in [0.2, 0.25) is 5.91 Å². The van der Waals surface area contributed by atoms with Crippen LogP contribution in [0.2, 0.25) is 0 Å². The Labute approximate surface area is 141 Å². The van der Waals surface area contributed by atoms with Gasteiger partial charge in [0.1, 0.15) is 11.3 Å². The van der Waals surface area contributed by atoms with Gasteiger partial charge in [-0.15, -0.1) is 0 Å². The molecule has 4 rings (SSSR count). The molecule has 0 unspecified atom stereocenters. The van der Waals surface area contributed by atoms with Gasteiger partial charge >= 0.3 is 0 Å². The number of hydrogen-bond acceptors (Lipinski definition) is 3. The van der Waals surface area contributed by atoms with Gasteiger partial charge in [-0.2, -0.15) is 0 Å². The molecule has 122 valence electrons. The normalized spacial score (nSPS) is 17.5. The molecule has 1 amide bonds. The predicted molar refractivity (Wildman–Crippen MR) is 91.8 cm³/mol. The fourth-order valence-electron chi connectivity index (χ4n) is 3.26. The average molecular weight is 321 g/mol. The summed E-state index contributed by atoms with van der Waals surface area (Å²) in [7, 11) is 1.65. The van der Waals surface area contributed by atoms with Gasteiger partial charge in [-0.3, -0.25) is 4.79 Å². The Bertz CT molecular complexity index is 807. The van der Waals surface area contributed by atoms with Crippen LogP contribution in [0, 0.1) is 0 Å². The Kier molecular flexibility index (Phi) is 3.62. The third kappa shape index (κ3) is 2.49. The monoisotopic (exact) mass is 321 g/mol. The Morgan fingerprint density at radius 1 is 1.17 bits per heavy atom. The molecule has 1 saturated heterocycles. The highest BCUT2D eigenvalue weighted by atomic mass is 16.5. The molecule has 0 radical (unpaired) electrons. The minimum absolute atomic E-state index is 0.0303. The SMILES string of the molecule is COc1ccc2c(c1)CC(C(=O)NC1(c3ccccc3)COC1)=C2. The van der Waals surface area contributed by atoms with E-state index in [1.54, 1.807) is 7.11 Å². The average Bonchev–Trinajstić information content (AvgIpc) is 3.02. The lowest BCUT2D eigenvalue weighted by Crippen LogP contribution is -2.59. The van der Waals surface area contributed by atoms with Crippen molar-refractivity contribution < 1.29 is 14.3 Å². The summed E-state index contributed by atoms with van der Waals surface area (Å²) in [5, 5.41) is 3.19. The number of amides is 1. The molecule has 1 heterocycles. The van der Waals surface area contributed by atoms with Crippen LogP contribution in [0.1, 0.15) is 16.7 Å². The van der Waals surface area contributed by atoms with Crippen molar-refractivity contribution in [3.8, 4) is 5.75 Å². The van der Waals surface area contributed by atoms with Crippen molar-refractivity contribution in [2.24, 2.45) is 0 Å². The maximum Gasteiger partial charge on any atom is 0.248 e. The molecule has 0 bridgehead atoms. The van der Waals surface area contributed by atoms with E-state index in [1.165, 1.54) is 0 Å². The minimum Gasteiger partial charge on any atom is -0.497 e. The molecule has 2 aromatic carbocycles. The fraction of sp³-hybridized carbons (Fsp3) is 0.250. The molecule has 1 N–H and O–H groups in total. The number of methoxy groups -OCH3 is 1. The van der Waals surface area contributed by atoms with Gasteiger partial charge in [0.25, 0.3) is 0 Å². The maximum absolute atomic E-state index is 12.8. The van der Waals surface area contributed by atoms with Crippen LogP contribution in [0.5, 0.6) is 5.75 Å². The number of fused-ring (bicyclic) bond motifs is 1. The van der Waals surface area contributed by atoms with Crippen LogP contribution in [0.25, 0.3) is 6.08 Å². The highest BCUT2D eigenvalue weighted by Crippen LogP contribution is 2.32. The smallest absolute Gasteiger partial charge is 0.248 e. The zero-order valence-electron chi connectivity index (χ0n) is 13.5. The summed E-state index contributed by atoms with van der Waals surface area (Å²) in [4.78, 5) is 12.8. The van der Waals surface area contributed by atoms with Crippen molar-refractivity contribution >= 4 is 12.0 Å². The quantitative estimate of drug-likeness (QED) is 0.942. The summed E-state index contributed by atoms with van der Waals surface area (Å²) >= 11 is 0. The van der Waals surface area contributed by atoms with E-state index < -0.39 is 5.54 Å². The number of benzene rings is 2. The molecule has 4 heteroatoms. The minimum atomic E-state index is -0.411. The Balaban J connectivity index is 1.53. The maximum atomic E-state index is 12.8. The molecule has 1 aliphatic heterocycles. The lowest BCUT2D eigenvalue weighted by Gasteiger charge is -2.42. The van der Waals surface area contributed by atoms with Crippen LogP contribution >= 0.6 is 0 Å². The van der Waals surface area contributed by atoms with Crippen molar-refractivity contribution in [3.05, 3.63) is 70.8 Å². The van der Waals surface area contributed by atoms with E-state index in [0.717, 1.165) is 28.0 Å². The van der Waals surface area contributed by atoms with Crippen LogP contribution in [0.15, 0.2) is 54.1 Å². The molecule has 2 aliphatic rings. The first-order chi connectivity index (χ1) is 11.7. The molecule has 4 nitrogen and oxygen atoms in total. The summed E-state index contributed by atoms with van der Waals surface area (Å²) in [6.45, 7) is 1.02. The first-order valence-corrected chi connectivity index (χ1v) is 8.03. The van der Waals surface area contributed by atoms with Gasteiger partial charge in [-0.1, -0.05) is 36.4 Å². The van der Waals surface area contributed by atoms with E-state index in [2.05, 4.69) is 5.32 Å². The van der Waals surface area contributed by atoms with Crippen molar-refractivity contribution in [1.29, 1.82) is 0 Å².